The fourth-order valence-corrected chi connectivity index (χ4v) is 2.06. The average Bonchev–Trinajstić information content (AvgIpc) is 2.57. The molecule has 152 valence electrons. The van der Waals surface area contributed by atoms with Gasteiger partial charge in [-0.2, -0.15) is 0 Å². The number of alkyl carbamates (subject to hydrolysis) is 1. The van der Waals surface area contributed by atoms with E-state index in [1.165, 1.54) is 6.07 Å². The molecule has 0 aliphatic carbocycles. The molecule has 0 aliphatic rings. The number of aliphatic imine (C=N–C) groups is 1. The number of hydrogen-bond donors (Lipinski definition) is 3. The number of nitrogens with one attached hydrogen (secondary N) is 3. The number of para-hydroxylation sites is 1. The molecule has 0 heterocycles. The number of nitrogens with zero attached hydrogens (tertiary/aromatic N) is 1. The van der Waals surface area contributed by atoms with Gasteiger partial charge in [0.1, 0.15) is 11.7 Å². The van der Waals surface area contributed by atoms with E-state index in [1.54, 1.807) is 25.2 Å². The average molecular weight is 382 g/mol. The van der Waals surface area contributed by atoms with Gasteiger partial charge in [-0.15, -0.1) is 0 Å². The Kier molecular flexibility index (Phi) is 9.39. The number of carbonyl (C=O) groups is 1. The van der Waals surface area contributed by atoms with Crippen molar-refractivity contribution in [3.63, 3.8) is 0 Å². The van der Waals surface area contributed by atoms with Gasteiger partial charge in [0.25, 0.3) is 0 Å². The van der Waals surface area contributed by atoms with Gasteiger partial charge in [0.15, 0.2) is 17.5 Å². The lowest BCUT2D eigenvalue weighted by Crippen LogP contribution is -2.42. The van der Waals surface area contributed by atoms with Crippen molar-refractivity contribution < 1.29 is 18.7 Å². The summed E-state index contributed by atoms with van der Waals surface area (Å²) in [5.41, 5.74) is -0.504. The van der Waals surface area contributed by atoms with Gasteiger partial charge in [-0.05, 0) is 46.2 Å². The molecule has 1 aromatic carbocycles. The Morgan fingerprint density at radius 2 is 1.85 bits per heavy atom. The molecule has 0 saturated heterocycles. The van der Waals surface area contributed by atoms with Gasteiger partial charge in [0, 0.05) is 20.1 Å². The van der Waals surface area contributed by atoms with Crippen LogP contribution in [0.2, 0.25) is 0 Å². The summed E-state index contributed by atoms with van der Waals surface area (Å²) in [5.74, 6) is 0.448. The normalized spacial score (nSPS) is 12.9. The first-order valence-electron chi connectivity index (χ1n) is 9.04. The number of rotatable bonds is 8. The molecule has 0 spiro atoms. The molecule has 1 unspecified atom stereocenters. The van der Waals surface area contributed by atoms with Crippen molar-refractivity contribution >= 4 is 12.1 Å². The molecule has 7 nitrogen and oxygen atoms in total. The number of benzene rings is 1. The van der Waals surface area contributed by atoms with E-state index < -0.39 is 11.7 Å². The maximum Gasteiger partial charge on any atom is 0.407 e. The minimum Gasteiger partial charge on any atom is -0.486 e. The van der Waals surface area contributed by atoms with Crippen LogP contribution in [0.25, 0.3) is 0 Å². The zero-order valence-electron chi connectivity index (χ0n) is 16.8. The van der Waals surface area contributed by atoms with Crippen LogP contribution < -0.4 is 20.7 Å². The first-order valence-corrected chi connectivity index (χ1v) is 9.04. The number of ether oxygens (including phenoxy) is 2. The number of carbonyl (C=O) groups excluding carboxylic acids is 1. The molecule has 27 heavy (non-hydrogen) atoms. The van der Waals surface area contributed by atoms with Crippen LogP contribution in [-0.4, -0.2) is 50.4 Å². The molecule has 0 bridgehead atoms. The van der Waals surface area contributed by atoms with E-state index in [9.17, 15) is 9.18 Å². The Labute approximate surface area is 160 Å². The fraction of sp³-hybridized carbons (Fsp3) is 0.579. The summed E-state index contributed by atoms with van der Waals surface area (Å²) in [7, 11) is 1.66. The number of halogens is 1. The van der Waals surface area contributed by atoms with Crippen LogP contribution in [0, 0.1) is 5.82 Å². The summed E-state index contributed by atoms with van der Waals surface area (Å²) in [6.45, 7) is 8.88. The molecule has 8 heteroatoms. The van der Waals surface area contributed by atoms with Gasteiger partial charge in [-0.3, -0.25) is 4.99 Å². The molecule has 3 N–H and O–H groups in total. The van der Waals surface area contributed by atoms with Gasteiger partial charge in [-0.25, -0.2) is 9.18 Å². The highest BCUT2D eigenvalue weighted by molar-refractivity contribution is 5.79. The van der Waals surface area contributed by atoms with Gasteiger partial charge in [0.05, 0.1) is 6.54 Å². The van der Waals surface area contributed by atoms with Gasteiger partial charge in [0.2, 0.25) is 0 Å². The standard InChI is InChI=1S/C19H31FN4O3/c1-14(26-16-10-7-6-9-15(16)20)13-24-17(21-5)22-11-8-12-23-18(25)27-19(2,3)4/h6-7,9-10,14H,8,11-13H2,1-5H3,(H,23,25)(H2,21,22,24). The second kappa shape index (κ2) is 11.3. The molecule has 1 atom stereocenters. The highest BCUT2D eigenvalue weighted by atomic mass is 19.1. The van der Waals surface area contributed by atoms with Crippen LogP contribution in [0.3, 0.4) is 0 Å². The van der Waals surface area contributed by atoms with E-state index in [0.717, 1.165) is 0 Å². The highest BCUT2D eigenvalue weighted by Crippen LogP contribution is 2.16. The largest absolute Gasteiger partial charge is 0.486 e. The first-order chi connectivity index (χ1) is 12.7. The third-order valence-corrected chi connectivity index (χ3v) is 3.26. The summed E-state index contributed by atoms with van der Waals surface area (Å²) in [5, 5.41) is 8.96. The van der Waals surface area contributed by atoms with Crippen molar-refractivity contribution in [2.45, 2.75) is 45.8 Å². The summed E-state index contributed by atoms with van der Waals surface area (Å²) < 4.78 is 24.3. The van der Waals surface area contributed by atoms with Crippen LogP contribution in [0.15, 0.2) is 29.3 Å². The lowest BCUT2D eigenvalue weighted by atomic mass is 10.2. The maximum absolute atomic E-state index is 13.6. The fourth-order valence-electron chi connectivity index (χ4n) is 2.06. The SMILES string of the molecule is CN=C(NCCCNC(=O)OC(C)(C)C)NCC(C)Oc1ccccc1F. The molecular formula is C19H31FN4O3. The lowest BCUT2D eigenvalue weighted by Gasteiger charge is -2.20. The van der Waals surface area contributed by atoms with E-state index in [1.807, 2.05) is 27.7 Å². The highest BCUT2D eigenvalue weighted by Gasteiger charge is 2.15. The Bertz CT molecular complexity index is 617. The maximum atomic E-state index is 13.6. The topological polar surface area (TPSA) is 84.0 Å². The second-order valence-electron chi connectivity index (χ2n) is 7.02. The van der Waals surface area contributed by atoms with Gasteiger partial charge < -0.3 is 25.4 Å². The molecule has 0 saturated carbocycles. The number of guanidine groups is 1. The minimum atomic E-state index is -0.504. The van der Waals surface area contributed by atoms with E-state index in [4.69, 9.17) is 9.47 Å². The van der Waals surface area contributed by atoms with E-state index in [-0.39, 0.29) is 17.7 Å². The van der Waals surface area contributed by atoms with E-state index >= 15 is 0 Å². The second-order valence-corrected chi connectivity index (χ2v) is 7.02. The van der Waals surface area contributed by atoms with E-state index in [0.29, 0.717) is 32.0 Å². The Hall–Kier alpha value is -2.51. The number of amides is 1. The lowest BCUT2D eigenvalue weighted by molar-refractivity contribution is 0.0527. The molecule has 0 aliphatic heterocycles. The molecule has 0 radical (unpaired) electrons. The zero-order chi connectivity index (χ0) is 20.3. The van der Waals surface area contributed by atoms with Crippen LogP contribution in [0.1, 0.15) is 34.1 Å². The predicted molar refractivity (Wildman–Crippen MR) is 105 cm³/mol. The molecule has 1 amide bonds. The summed E-state index contributed by atoms with van der Waals surface area (Å²) >= 11 is 0. The molecular weight excluding hydrogens is 351 g/mol. The molecule has 0 aromatic heterocycles. The Morgan fingerprint density at radius 1 is 1.19 bits per heavy atom. The van der Waals surface area contributed by atoms with Crippen molar-refractivity contribution in [1.82, 2.24) is 16.0 Å². The first kappa shape index (κ1) is 22.5. The third-order valence-electron chi connectivity index (χ3n) is 3.26. The minimum absolute atomic E-state index is 0.225. The summed E-state index contributed by atoms with van der Waals surface area (Å²) in [6.07, 6.45) is 0.0414. The van der Waals surface area contributed by atoms with Crippen molar-refractivity contribution in [3.8, 4) is 5.75 Å². The van der Waals surface area contributed by atoms with Crippen LogP contribution in [0.5, 0.6) is 5.75 Å². The molecule has 1 aromatic rings. The Morgan fingerprint density at radius 3 is 2.48 bits per heavy atom. The zero-order valence-corrected chi connectivity index (χ0v) is 16.8. The van der Waals surface area contributed by atoms with Crippen molar-refractivity contribution in [2.24, 2.45) is 4.99 Å². The summed E-state index contributed by atoms with van der Waals surface area (Å²) in [4.78, 5) is 15.7. The van der Waals surface area contributed by atoms with Crippen molar-refractivity contribution in [1.29, 1.82) is 0 Å². The van der Waals surface area contributed by atoms with Crippen LogP contribution in [-0.2, 0) is 4.74 Å². The van der Waals surface area contributed by atoms with Crippen LogP contribution >= 0.6 is 0 Å². The third kappa shape index (κ3) is 10.3. The number of hydrogen-bond acceptors (Lipinski definition) is 4. The quantitative estimate of drug-likeness (QED) is 0.366. The smallest absolute Gasteiger partial charge is 0.407 e. The predicted octanol–water partition coefficient (Wildman–Crippen LogP) is 2.67. The van der Waals surface area contributed by atoms with Crippen molar-refractivity contribution in [2.75, 3.05) is 26.7 Å². The Balaban J connectivity index is 2.21. The van der Waals surface area contributed by atoms with Gasteiger partial charge in [-0.1, -0.05) is 12.1 Å². The van der Waals surface area contributed by atoms with E-state index in [2.05, 4.69) is 20.9 Å². The summed E-state index contributed by atoms with van der Waals surface area (Å²) in [6, 6.07) is 6.30. The van der Waals surface area contributed by atoms with Crippen LogP contribution in [0.4, 0.5) is 9.18 Å². The van der Waals surface area contributed by atoms with Crippen molar-refractivity contribution in [3.05, 3.63) is 30.1 Å². The van der Waals surface area contributed by atoms with Gasteiger partial charge >= 0.3 is 6.09 Å². The molecule has 1 rings (SSSR count). The monoisotopic (exact) mass is 382 g/mol. The molecule has 0 fully saturated rings.